The maximum atomic E-state index is 11.2. The number of aryl methyl sites for hydroxylation is 2. The van der Waals surface area contributed by atoms with Gasteiger partial charge in [-0.25, -0.2) is 4.98 Å². The van der Waals surface area contributed by atoms with Crippen molar-refractivity contribution in [3.05, 3.63) is 35.9 Å². The number of hydrogen-bond donors (Lipinski definition) is 1. The fraction of sp³-hybridized carbons (Fsp3) is 0.333. The quantitative estimate of drug-likeness (QED) is 0.547. The molecule has 8 heteroatoms. The minimum Gasteiger partial charge on any atom is -0.468 e. The maximum absolute atomic E-state index is 11.2. The number of rotatable bonds is 6. The first-order valence-corrected chi connectivity index (χ1v) is 8.17. The Hall–Kier alpha value is -2.35. The Bertz CT molecular complexity index is 793. The Morgan fingerprint density at radius 3 is 2.91 bits per heavy atom. The van der Waals surface area contributed by atoms with Gasteiger partial charge in [0.15, 0.2) is 5.16 Å². The summed E-state index contributed by atoms with van der Waals surface area (Å²) in [4.78, 5) is 19.0. The van der Waals surface area contributed by atoms with Crippen LogP contribution in [0.1, 0.15) is 11.6 Å². The van der Waals surface area contributed by atoms with Crippen LogP contribution in [0.5, 0.6) is 0 Å². The van der Waals surface area contributed by atoms with Gasteiger partial charge in [-0.3, -0.25) is 4.79 Å². The standard InChI is InChI=1S/C15H17N5O2S/c1-20-13(18-19-15(20)23-9-14(21)22-2)8-7-12-16-10-5-3-4-6-11(10)17-12/h3-6H,7-9H2,1-2H3,(H,16,17). The summed E-state index contributed by atoms with van der Waals surface area (Å²) in [6, 6.07) is 7.95. The van der Waals surface area contributed by atoms with Crippen LogP contribution in [-0.2, 0) is 29.4 Å². The number of H-pyrrole nitrogens is 1. The second-order valence-corrected chi connectivity index (χ2v) is 5.97. The minimum absolute atomic E-state index is 0.228. The van der Waals surface area contributed by atoms with E-state index in [-0.39, 0.29) is 11.7 Å². The summed E-state index contributed by atoms with van der Waals surface area (Å²) < 4.78 is 6.52. The molecule has 0 radical (unpaired) electrons. The lowest BCUT2D eigenvalue weighted by Crippen LogP contribution is -2.06. The van der Waals surface area contributed by atoms with Crippen molar-refractivity contribution in [3.8, 4) is 0 Å². The fourth-order valence-electron chi connectivity index (χ4n) is 2.23. The normalized spacial score (nSPS) is 11.0. The summed E-state index contributed by atoms with van der Waals surface area (Å²) >= 11 is 1.32. The number of aromatic amines is 1. The van der Waals surface area contributed by atoms with Crippen LogP contribution in [0.4, 0.5) is 0 Å². The molecule has 7 nitrogen and oxygen atoms in total. The number of nitrogens with zero attached hydrogens (tertiary/aromatic N) is 4. The van der Waals surface area contributed by atoms with Crippen LogP contribution >= 0.6 is 11.8 Å². The molecule has 0 aliphatic carbocycles. The first-order chi connectivity index (χ1) is 11.2. The van der Waals surface area contributed by atoms with E-state index in [1.165, 1.54) is 18.9 Å². The van der Waals surface area contributed by atoms with E-state index < -0.39 is 0 Å². The summed E-state index contributed by atoms with van der Waals surface area (Å²) in [5.74, 6) is 1.74. The molecule has 2 heterocycles. The van der Waals surface area contributed by atoms with E-state index in [0.29, 0.717) is 5.16 Å². The second-order valence-electron chi connectivity index (χ2n) is 5.02. The Balaban J connectivity index is 1.64. The summed E-state index contributed by atoms with van der Waals surface area (Å²) in [5.41, 5.74) is 2.00. The Morgan fingerprint density at radius 1 is 1.30 bits per heavy atom. The molecule has 0 bridgehead atoms. The van der Waals surface area contributed by atoms with Crippen molar-refractivity contribution < 1.29 is 9.53 Å². The highest BCUT2D eigenvalue weighted by Crippen LogP contribution is 2.17. The second kappa shape index (κ2) is 6.82. The molecule has 2 aromatic heterocycles. The minimum atomic E-state index is -0.276. The van der Waals surface area contributed by atoms with Crippen LogP contribution in [0, 0.1) is 0 Å². The van der Waals surface area contributed by atoms with Gasteiger partial charge in [-0.1, -0.05) is 23.9 Å². The lowest BCUT2D eigenvalue weighted by atomic mass is 10.3. The molecule has 0 atom stereocenters. The third-order valence-electron chi connectivity index (χ3n) is 3.50. The average molecular weight is 331 g/mol. The number of aromatic nitrogens is 5. The highest BCUT2D eigenvalue weighted by Gasteiger charge is 2.12. The zero-order valence-corrected chi connectivity index (χ0v) is 13.8. The number of methoxy groups -OCH3 is 1. The maximum Gasteiger partial charge on any atom is 0.316 e. The Labute approximate surface area is 137 Å². The number of thioether (sulfide) groups is 1. The van der Waals surface area contributed by atoms with Crippen molar-refractivity contribution in [2.75, 3.05) is 12.9 Å². The molecule has 1 N–H and O–H groups in total. The largest absolute Gasteiger partial charge is 0.468 e. The SMILES string of the molecule is COC(=O)CSc1nnc(CCc2nc3ccccc3[nH]2)n1C. The topological polar surface area (TPSA) is 85.7 Å². The van der Waals surface area contributed by atoms with E-state index in [1.807, 2.05) is 35.9 Å². The van der Waals surface area contributed by atoms with Gasteiger partial charge in [-0.15, -0.1) is 10.2 Å². The first-order valence-electron chi connectivity index (χ1n) is 7.19. The van der Waals surface area contributed by atoms with E-state index in [2.05, 4.69) is 24.9 Å². The third-order valence-corrected chi connectivity index (χ3v) is 4.49. The highest BCUT2D eigenvalue weighted by atomic mass is 32.2. The predicted octanol–water partition coefficient (Wildman–Crippen LogP) is 1.74. The van der Waals surface area contributed by atoms with Crippen molar-refractivity contribution in [2.45, 2.75) is 18.0 Å². The number of imidazole rings is 1. The van der Waals surface area contributed by atoms with Crippen molar-refractivity contribution in [2.24, 2.45) is 7.05 Å². The number of nitrogens with one attached hydrogen (secondary N) is 1. The fourth-order valence-corrected chi connectivity index (χ4v) is 2.99. The molecule has 0 aliphatic heterocycles. The number of benzene rings is 1. The Kier molecular flexibility index (Phi) is 4.61. The molecule has 0 amide bonds. The van der Waals surface area contributed by atoms with Gasteiger partial charge in [0.1, 0.15) is 11.6 Å². The molecule has 0 fully saturated rings. The van der Waals surface area contributed by atoms with Crippen LogP contribution < -0.4 is 0 Å². The smallest absolute Gasteiger partial charge is 0.316 e. The average Bonchev–Trinajstić information content (AvgIpc) is 3.13. The van der Waals surface area contributed by atoms with E-state index in [9.17, 15) is 4.79 Å². The molecule has 0 saturated carbocycles. The summed E-state index contributed by atoms with van der Waals surface area (Å²) in [6.07, 6.45) is 1.48. The molecule has 3 rings (SSSR count). The van der Waals surface area contributed by atoms with Crippen LogP contribution in [0.25, 0.3) is 11.0 Å². The molecule has 0 spiro atoms. The van der Waals surface area contributed by atoms with E-state index >= 15 is 0 Å². The zero-order valence-electron chi connectivity index (χ0n) is 12.9. The number of ether oxygens (including phenoxy) is 1. The van der Waals surface area contributed by atoms with Crippen LogP contribution in [0.15, 0.2) is 29.4 Å². The van der Waals surface area contributed by atoms with Gasteiger partial charge in [0, 0.05) is 19.9 Å². The van der Waals surface area contributed by atoms with E-state index in [1.54, 1.807) is 0 Å². The van der Waals surface area contributed by atoms with E-state index in [0.717, 1.165) is 35.5 Å². The lowest BCUT2D eigenvalue weighted by Gasteiger charge is -2.02. The molecule has 3 aromatic rings. The molecule has 0 saturated heterocycles. The van der Waals surface area contributed by atoms with Crippen LogP contribution in [0.3, 0.4) is 0 Å². The van der Waals surface area contributed by atoms with Gasteiger partial charge in [-0.05, 0) is 12.1 Å². The van der Waals surface area contributed by atoms with Crippen LogP contribution in [-0.4, -0.2) is 43.6 Å². The lowest BCUT2D eigenvalue weighted by molar-refractivity contribution is -0.137. The summed E-state index contributed by atoms with van der Waals surface area (Å²) in [6.45, 7) is 0. The van der Waals surface area contributed by atoms with Gasteiger partial charge in [0.25, 0.3) is 0 Å². The zero-order chi connectivity index (χ0) is 16.2. The van der Waals surface area contributed by atoms with Crippen LogP contribution in [0.2, 0.25) is 0 Å². The number of esters is 1. The van der Waals surface area contributed by atoms with Gasteiger partial charge in [-0.2, -0.15) is 0 Å². The third kappa shape index (κ3) is 3.53. The van der Waals surface area contributed by atoms with Gasteiger partial charge in [0.2, 0.25) is 0 Å². The van der Waals surface area contributed by atoms with Gasteiger partial charge >= 0.3 is 5.97 Å². The highest BCUT2D eigenvalue weighted by molar-refractivity contribution is 7.99. The van der Waals surface area contributed by atoms with Crippen molar-refractivity contribution >= 4 is 28.8 Å². The Morgan fingerprint density at radius 2 is 2.13 bits per heavy atom. The monoisotopic (exact) mass is 331 g/mol. The predicted molar refractivity (Wildman–Crippen MR) is 87.2 cm³/mol. The first kappa shape index (κ1) is 15.5. The number of para-hydroxylation sites is 2. The van der Waals surface area contributed by atoms with Crippen molar-refractivity contribution in [1.29, 1.82) is 0 Å². The molecule has 1 aromatic carbocycles. The molecule has 120 valence electrons. The molecule has 0 aliphatic rings. The number of carbonyl (C=O) groups excluding carboxylic acids is 1. The number of carbonyl (C=O) groups is 1. The van der Waals surface area contributed by atoms with Crippen molar-refractivity contribution in [1.82, 2.24) is 24.7 Å². The molecular formula is C15H17N5O2S. The molecule has 23 heavy (non-hydrogen) atoms. The van der Waals surface area contributed by atoms with Gasteiger partial charge < -0.3 is 14.3 Å². The van der Waals surface area contributed by atoms with E-state index in [4.69, 9.17) is 0 Å². The van der Waals surface area contributed by atoms with Crippen molar-refractivity contribution in [3.63, 3.8) is 0 Å². The molecular weight excluding hydrogens is 314 g/mol. The molecule has 0 unspecified atom stereocenters. The number of hydrogen-bond acceptors (Lipinski definition) is 6. The summed E-state index contributed by atoms with van der Waals surface area (Å²) in [7, 11) is 3.27. The summed E-state index contributed by atoms with van der Waals surface area (Å²) in [5, 5.41) is 9.01. The number of fused-ring (bicyclic) bond motifs is 1. The van der Waals surface area contributed by atoms with Gasteiger partial charge in [0.05, 0.1) is 23.9 Å².